The minimum absolute atomic E-state index is 0.112. The van der Waals surface area contributed by atoms with Crippen molar-refractivity contribution in [3.8, 4) is 18.1 Å². The van der Waals surface area contributed by atoms with Gasteiger partial charge in [0.1, 0.15) is 18.4 Å². The quantitative estimate of drug-likeness (QED) is 0.390. The topological polar surface area (TPSA) is 69.9 Å². The van der Waals surface area contributed by atoms with Crippen LogP contribution in [0.25, 0.3) is 6.08 Å². The van der Waals surface area contributed by atoms with Crippen molar-refractivity contribution in [3.63, 3.8) is 0 Å². The monoisotopic (exact) mass is 492 g/mol. The Balaban J connectivity index is 1.95. The Morgan fingerprint density at radius 1 is 1.26 bits per heavy atom. The van der Waals surface area contributed by atoms with Gasteiger partial charge < -0.3 is 9.47 Å². The van der Waals surface area contributed by atoms with Crippen LogP contribution in [0.2, 0.25) is 5.02 Å². The Morgan fingerprint density at radius 2 is 2.00 bits per heavy atom. The molecule has 0 aliphatic carbocycles. The number of esters is 1. The summed E-state index contributed by atoms with van der Waals surface area (Å²) in [6.45, 7) is 3.77. The number of carbonyl (C=O) groups excluding carboxylic acids is 1. The maximum Gasteiger partial charge on any atom is 0.338 e. The molecule has 0 N–H and O–H groups in total. The van der Waals surface area contributed by atoms with Crippen LogP contribution in [0.15, 0.2) is 69.6 Å². The minimum atomic E-state index is -0.765. The number of para-hydroxylation sites is 1. The fourth-order valence-electron chi connectivity index (χ4n) is 3.77. The van der Waals surface area contributed by atoms with Crippen molar-refractivity contribution in [2.24, 2.45) is 4.99 Å². The number of benzene rings is 2. The van der Waals surface area contributed by atoms with E-state index >= 15 is 0 Å². The maximum atomic E-state index is 13.7. The number of nitrogens with zero attached hydrogens (tertiary/aromatic N) is 2. The molecule has 6 nitrogen and oxygen atoms in total. The molecular weight excluding hydrogens is 472 g/mol. The van der Waals surface area contributed by atoms with Gasteiger partial charge in [-0.15, -0.1) is 6.42 Å². The van der Waals surface area contributed by atoms with E-state index in [9.17, 15) is 9.59 Å². The predicted octanol–water partition coefficient (Wildman–Crippen LogP) is 3.46. The zero-order valence-electron chi connectivity index (χ0n) is 18.6. The first-order valence-electron chi connectivity index (χ1n) is 10.6. The molecule has 0 radical (unpaired) electrons. The summed E-state index contributed by atoms with van der Waals surface area (Å²) in [5.41, 5.74) is 1.79. The van der Waals surface area contributed by atoms with E-state index in [0.717, 1.165) is 0 Å². The van der Waals surface area contributed by atoms with E-state index in [2.05, 4.69) is 10.9 Å². The largest absolute Gasteiger partial charge is 0.480 e. The average molecular weight is 493 g/mol. The SMILES string of the molecule is C#CCOc1ccccc1/C=c1\sc2n(c1=O)[C@H](c1ccccc1Cl)C(C(=O)OCC)=C(C)N=2. The summed E-state index contributed by atoms with van der Waals surface area (Å²) in [6, 6.07) is 13.7. The fraction of sp³-hybridized carbons (Fsp3) is 0.192. The van der Waals surface area contributed by atoms with Crippen LogP contribution in [0.1, 0.15) is 31.0 Å². The highest BCUT2D eigenvalue weighted by Crippen LogP contribution is 2.34. The van der Waals surface area contributed by atoms with Crippen molar-refractivity contribution >= 4 is 35.0 Å². The fourth-order valence-corrected chi connectivity index (χ4v) is 5.05. The second-order valence-corrected chi connectivity index (χ2v) is 8.77. The Labute approximate surface area is 205 Å². The first kappa shape index (κ1) is 23.6. The highest BCUT2D eigenvalue weighted by atomic mass is 35.5. The molecular formula is C26H21ClN2O4S. The molecule has 2 heterocycles. The number of allylic oxidation sites excluding steroid dienone is 1. The van der Waals surface area contributed by atoms with Gasteiger partial charge >= 0.3 is 5.97 Å². The van der Waals surface area contributed by atoms with Crippen LogP contribution < -0.4 is 19.6 Å². The smallest absolute Gasteiger partial charge is 0.338 e. The first-order valence-corrected chi connectivity index (χ1v) is 11.7. The number of hydrogen-bond acceptors (Lipinski definition) is 6. The summed E-state index contributed by atoms with van der Waals surface area (Å²) in [5.74, 6) is 2.48. The zero-order chi connectivity index (χ0) is 24.2. The van der Waals surface area contributed by atoms with Crippen LogP contribution in [-0.2, 0) is 9.53 Å². The van der Waals surface area contributed by atoms with E-state index in [-0.39, 0.29) is 24.3 Å². The number of fused-ring (bicyclic) bond motifs is 1. The van der Waals surface area contributed by atoms with E-state index in [1.54, 1.807) is 44.2 Å². The van der Waals surface area contributed by atoms with Crippen molar-refractivity contribution in [1.82, 2.24) is 4.57 Å². The second-order valence-electron chi connectivity index (χ2n) is 7.35. The van der Waals surface area contributed by atoms with Gasteiger partial charge in [-0.1, -0.05) is 65.3 Å². The number of thiazole rings is 1. The molecule has 1 aromatic heterocycles. The number of terminal acetylenes is 1. The summed E-state index contributed by atoms with van der Waals surface area (Å²) < 4.78 is 12.9. The highest BCUT2D eigenvalue weighted by Gasteiger charge is 2.34. The van der Waals surface area contributed by atoms with Gasteiger partial charge in [0, 0.05) is 10.6 Å². The minimum Gasteiger partial charge on any atom is -0.480 e. The molecule has 1 aliphatic rings. The van der Waals surface area contributed by atoms with E-state index in [0.29, 0.717) is 36.9 Å². The van der Waals surface area contributed by atoms with Gasteiger partial charge in [-0.2, -0.15) is 0 Å². The third-order valence-electron chi connectivity index (χ3n) is 5.23. The Bertz CT molecular complexity index is 1510. The Morgan fingerprint density at radius 3 is 2.74 bits per heavy atom. The van der Waals surface area contributed by atoms with Crippen LogP contribution in [0.5, 0.6) is 5.75 Å². The molecule has 8 heteroatoms. The number of aromatic nitrogens is 1. The molecule has 0 saturated heterocycles. The summed E-state index contributed by atoms with van der Waals surface area (Å²) in [5, 5.41) is 0.437. The molecule has 4 rings (SSSR count). The lowest BCUT2D eigenvalue weighted by molar-refractivity contribution is -0.139. The molecule has 1 atom stereocenters. The molecule has 1 aliphatic heterocycles. The van der Waals surface area contributed by atoms with Gasteiger partial charge in [0.25, 0.3) is 5.56 Å². The molecule has 0 fully saturated rings. The second kappa shape index (κ2) is 10.1. The van der Waals surface area contributed by atoms with Crippen LogP contribution in [0, 0.1) is 12.3 Å². The first-order chi connectivity index (χ1) is 16.5. The lowest BCUT2D eigenvalue weighted by Crippen LogP contribution is -2.40. The summed E-state index contributed by atoms with van der Waals surface area (Å²) in [6.07, 6.45) is 7.06. The predicted molar refractivity (Wildman–Crippen MR) is 133 cm³/mol. The third kappa shape index (κ3) is 4.43. The number of hydrogen-bond donors (Lipinski definition) is 0. The molecule has 0 bridgehead atoms. The van der Waals surface area contributed by atoms with Crippen molar-refractivity contribution in [1.29, 1.82) is 0 Å². The van der Waals surface area contributed by atoms with Crippen molar-refractivity contribution < 1.29 is 14.3 Å². The van der Waals surface area contributed by atoms with Gasteiger partial charge in [0.2, 0.25) is 0 Å². The Hall–Kier alpha value is -3.60. The third-order valence-corrected chi connectivity index (χ3v) is 6.56. The lowest BCUT2D eigenvalue weighted by atomic mass is 9.96. The van der Waals surface area contributed by atoms with Crippen LogP contribution >= 0.6 is 22.9 Å². The van der Waals surface area contributed by atoms with Gasteiger partial charge in [-0.3, -0.25) is 9.36 Å². The van der Waals surface area contributed by atoms with Crippen molar-refractivity contribution in [3.05, 3.63) is 95.6 Å². The average Bonchev–Trinajstić information content (AvgIpc) is 3.12. The van der Waals surface area contributed by atoms with Crippen LogP contribution in [-0.4, -0.2) is 23.8 Å². The number of rotatable bonds is 6. The summed E-state index contributed by atoms with van der Waals surface area (Å²) in [4.78, 5) is 31.6. The highest BCUT2D eigenvalue weighted by molar-refractivity contribution is 7.07. The zero-order valence-corrected chi connectivity index (χ0v) is 20.2. The van der Waals surface area contributed by atoms with E-state index in [4.69, 9.17) is 27.5 Å². The summed E-state index contributed by atoms with van der Waals surface area (Å²) >= 11 is 7.75. The molecule has 34 heavy (non-hydrogen) atoms. The van der Waals surface area contributed by atoms with Gasteiger partial charge in [0.15, 0.2) is 4.80 Å². The standard InChI is InChI=1S/C26H21ClN2O4S/c1-4-14-33-20-13-9-6-10-17(20)15-21-24(30)29-23(18-11-7-8-12-19(18)27)22(25(31)32-5-2)16(3)28-26(29)34-21/h1,6-13,15,23H,5,14H2,2-3H3/b21-15-/t23-/m1/s1. The molecule has 2 aromatic carbocycles. The normalized spacial score (nSPS) is 15.4. The molecule has 172 valence electrons. The van der Waals surface area contributed by atoms with E-state index in [1.807, 2.05) is 24.3 Å². The van der Waals surface area contributed by atoms with Crippen molar-refractivity contribution in [2.45, 2.75) is 19.9 Å². The van der Waals surface area contributed by atoms with Crippen LogP contribution in [0.4, 0.5) is 0 Å². The number of ether oxygens (including phenoxy) is 2. The molecule has 0 amide bonds. The lowest BCUT2D eigenvalue weighted by Gasteiger charge is -2.25. The maximum absolute atomic E-state index is 13.7. The van der Waals surface area contributed by atoms with Gasteiger partial charge in [-0.05, 0) is 37.6 Å². The molecule has 0 unspecified atom stereocenters. The van der Waals surface area contributed by atoms with Gasteiger partial charge in [0.05, 0.1) is 22.4 Å². The van der Waals surface area contributed by atoms with E-state index in [1.165, 1.54) is 15.9 Å². The van der Waals surface area contributed by atoms with Gasteiger partial charge in [-0.25, -0.2) is 9.79 Å². The summed E-state index contributed by atoms with van der Waals surface area (Å²) in [7, 11) is 0. The number of halogens is 1. The molecule has 0 spiro atoms. The van der Waals surface area contributed by atoms with Crippen molar-refractivity contribution in [2.75, 3.05) is 13.2 Å². The number of carbonyl (C=O) groups is 1. The van der Waals surface area contributed by atoms with E-state index < -0.39 is 12.0 Å². The molecule has 0 saturated carbocycles. The van der Waals surface area contributed by atoms with Crippen LogP contribution in [0.3, 0.4) is 0 Å². The molecule has 3 aromatic rings. The Kier molecular flexibility index (Phi) is 7.01.